The molecule has 0 bridgehead atoms. The summed E-state index contributed by atoms with van der Waals surface area (Å²) in [6, 6.07) is 9.99. The molecule has 1 aromatic carbocycles. The van der Waals surface area contributed by atoms with Crippen molar-refractivity contribution in [1.82, 2.24) is 19.6 Å². The summed E-state index contributed by atoms with van der Waals surface area (Å²) in [5.74, 6) is -0.142. The van der Waals surface area contributed by atoms with E-state index < -0.39 is 0 Å². The highest BCUT2D eigenvalue weighted by Crippen LogP contribution is 2.24. The average molecular weight is 399 g/mol. The molecular formula is C21H26N4O2S. The number of nitrogens with zero attached hydrogens (tertiary/aromatic N) is 3. The lowest BCUT2D eigenvalue weighted by atomic mass is 10.2. The van der Waals surface area contributed by atoms with Gasteiger partial charge in [0.05, 0.1) is 18.7 Å². The van der Waals surface area contributed by atoms with Crippen molar-refractivity contribution in [2.75, 3.05) is 19.6 Å². The van der Waals surface area contributed by atoms with E-state index >= 15 is 0 Å². The lowest BCUT2D eigenvalue weighted by Gasteiger charge is -2.21. The zero-order chi connectivity index (χ0) is 19.9. The maximum Gasteiger partial charge on any atom is 0.239 e. The largest absolute Gasteiger partial charge is 0.355 e. The van der Waals surface area contributed by atoms with Crippen molar-refractivity contribution in [1.29, 1.82) is 0 Å². The Morgan fingerprint density at radius 2 is 1.96 bits per heavy atom. The van der Waals surface area contributed by atoms with Crippen LogP contribution < -0.4 is 5.32 Å². The maximum absolute atomic E-state index is 12.8. The minimum absolute atomic E-state index is 0.0387. The topological polar surface area (TPSA) is 66.7 Å². The van der Waals surface area contributed by atoms with Gasteiger partial charge in [-0.2, -0.15) is 0 Å². The molecule has 28 heavy (non-hydrogen) atoms. The van der Waals surface area contributed by atoms with Gasteiger partial charge in [-0.15, -0.1) is 11.3 Å². The molecule has 3 aromatic rings. The Bertz CT molecular complexity index is 932. The van der Waals surface area contributed by atoms with Crippen LogP contribution in [0.5, 0.6) is 0 Å². The van der Waals surface area contributed by atoms with Gasteiger partial charge in [0.2, 0.25) is 11.8 Å². The monoisotopic (exact) mass is 398 g/mol. The Morgan fingerprint density at radius 1 is 1.18 bits per heavy atom. The van der Waals surface area contributed by atoms with E-state index in [-0.39, 0.29) is 24.8 Å². The molecule has 0 atom stereocenters. The van der Waals surface area contributed by atoms with Gasteiger partial charge in [-0.3, -0.25) is 14.0 Å². The zero-order valence-electron chi connectivity index (χ0n) is 16.4. The van der Waals surface area contributed by atoms with Crippen LogP contribution in [0.25, 0.3) is 16.2 Å². The zero-order valence-corrected chi connectivity index (χ0v) is 17.2. The Kier molecular flexibility index (Phi) is 6.81. The normalized spacial score (nSPS) is 10.9. The Morgan fingerprint density at radius 3 is 2.68 bits per heavy atom. The molecule has 0 fully saturated rings. The van der Waals surface area contributed by atoms with Gasteiger partial charge in [-0.1, -0.05) is 44.2 Å². The van der Waals surface area contributed by atoms with E-state index in [0.717, 1.165) is 34.8 Å². The van der Waals surface area contributed by atoms with Crippen molar-refractivity contribution < 1.29 is 9.59 Å². The van der Waals surface area contributed by atoms with Crippen LogP contribution in [0.15, 0.2) is 41.9 Å². The second kappa shape index (κ2) is 9.50. The fraction of sp³-hybridized carbons (Fsp3) is 0.381. The summed E-state index contributed by atoms with van der Waals surface area (Å²) in [6.45, 7) is 5.33. The number of hydrogen-bond donors (Lipinski definition) is 1. The summed E-state index contributed by atoms with van der Waals surface area (Å²) in [4.78, 5) is 32.1. The first-order valence-corrected chi connectivity index (χ1v) is 10.6. The molecular weight excluding hydrogens is 372 g/mol. The summed E-state index contributed by atoms with van der Waals surface area (Å²) >= 11 is 1.52. The summed E-state index contributed by atoms with van der Waals surface area (Å²) in [7, 11) is 0. The van der Waals surface area contributed by atoms with E-state index in [1.165, 1.54) is 11.3 Å². The first-order chi connectivity index (χ1) is 13.6. The molecule has 0 aliphatic heterocycles. The summed E-state index contributed by atoms with van der Waals surface area (Å²) in [6.07, 6.45) is 3.92. The minimum Gasteiger partial charge on any atom is -0.355 e. The first kappa shape index (κ1) is 20.1. The number of aromatic nitrogens is 2. The third-order valence-electron chi connectivity index (χ3n) is 4.44. The number of carbonyl (C=O) groups is 2. The number of thiazole rings is 1. The number of nitrogens with one attached hydrogen (secondary N) is 1. The predicted octanol–water partition coefficient (Wildman–Crippen LogP) is 3.37. The standard InChI is InChI=1S/C21H26N4O2S/c1-3-10-22-19(26)14-24(11-4-2)20(27)12-17-15-28-21-23-18(13-25(17)21)16-8-6-5-7-9-16/h5-9,13,15H,3-4,10-12,14H2,1-2H3,(H,22,26). The van der Waals surface area contributed by atoms with Gasteiger partial charge >= 0.3 is 0 Å². The lowest BCUT2D eigenvalue weighted by Crippen LogP contribution is -2.42. The van der Waals surface area contributed by atoms with Crippen LogP contribution in [0.3, 0.4) is 0 Å². The van der Waals surface area contributed by atoms with Crippen LogP contribution >= 0.6 is 11.3 Å². The molecule has 0 unspecified atom stereocenters. The van der Waals surface area contributed by atoms with Crippen molar-refractivity contribution in [2.24, 2.45) is 0 Å². The number of amides is 2. The smallest absolute Gasteiger partial charge is 0.239 e. The molecule has 6 nitrogen and oxygen atoms in total. The highest BCUT2D eigenvalue weighted by Gasteiger charge is 2.19. The summed E-state index contributed by atoms with van der Waals surface area (Å²) in [5.41, 5.74) is 2.84. The molecule has 3 rings (SSSR count). The summed E-state index contributed by atoms with van der Waals surface area (Å²) in [5, 5.41) is 4.81. The molecule has 2 amide bonds. The van der Waals surface area contributed by atoms with Crippen LogP contribution in [0, 0.1) is 0 Å². The maximum atomic E-state index is 12.8. The predicted molar refractivity (Wildman–Crippen MR) is 112 cm³/mol. The molecule has 148 valence electrons. The van der Waals surface area contributed by atoms with Crippen molar-refractivity contribution >= 4 is 28.1 Å². The molecule has 0 saturated carbocycles. The molecule has 2 aromatic heterocycles. The third-order valence-corrected chi connectivity index (χ3v) is 5.33. The van der Waals surface area contributed by atoms with Crippen molar-refractivity contribution in [3.63, 3.8) is 0 Å². The Hall–Kier alpha value is -2.67. The molecule has 1 N–H and O–H groups in total. The van der Waals surface area contributed by atoms with Crippen molar-refractivity contribution in [2.45, 2.75) is 33.1 Å². The summed E-state index contributed by atoms with van der Waals surface area (Å²) < 4.78 is 1.98. The first-order valence-electron chi connectivity index (χ1n) is 9.67. The van der Waals surface area contributed by atoms with E-state index in [1.807, 2.05) is 60.2 Å². The second-order valence-corrected chi connectivity index (χ2v) is 7.55. The number of fused-ring (bicyclic) bond motifs is 1. The molecule has 0 radical (unpaired) electrons. The van der Waals surface area contributed by atoms with Crippen molar-refractivity contribution in [3.05, 3.63) is 47.6 Å². The van der Waals surface area contributed by atoms with Gasteiger partial charge in [-0.05, 0) is 12.8 Å². The van der Waals surface area contributed by atoms with Gasteiger partial charge in [0.15, 0.2) is 4.96 Å². The molecule has 2 heterocycles. The van der Waals surface area contributed by atoms with Crippen LogP contribution in [0.1, 0.15) is 32.4 Å². The van der Waals surface area contributed by atoms with E-state index in [0.29, 0.717) is 13.1 Å². The van der Waals surface area contributed by atoms with Crippen LogP contribution in [0.4, 0.5) is 0 Å². The van der Waals surface area contributed by atoms with Gasteiger partial charge in [0, 0.05) is 35.9 Å². The van der Waals surface area contributed by atoms with Gasteiger partial charge in [-0.25, -0.2) is 4.98 Å². The number of carbonyl (C=O) groups excluding carboxylic acids is 2. The van der Waals surface area contributed by atoms with E-state index in [4.69, 9.17) is 0 Å². The number of benzene rings is 1. The second-order valence-electron chi connectivity index (χ2n) is 6.71. The molecule has 0 aliphatic rings. The Balaban J connectivity index is 1.73. The van der Waals surface area contributed by atoms with Crippen LogP contribution in [-0.4, -0.2) is 45.7 Å². The average Bonchev–Trinajstić information content (AvgIpc) is 3.28. The van der Waals surface area contributed by atoms with E-state index in [1.54, 1.807) is 4.90 Å². The molecule has 0 saturated heterocycles. The molecule has 0 aliphatic carbocycles. The lowest BCUT2D eigenvalue weighted by molar-refractivity contribution is -0.135. The van der Waals surface area contributed by atoms with Crippen LogP contribution in [-0.2, 0) is 16.0 Å². The fourth-order valence-corrected chi connectivity index (χ4v) is 3.90. The van der Waals surface area contributed by atoms with E-state index in [9.17, 15) is 9.59 Å². The van der Waals surface area contributed by atoms with Gasteiger partial charge in [0.25, 0.3) is 0 Å². The highest BCUT2D eigenvalue weighted by atomic mass is 32.1. The SMILES string of the molecule is CCCNC(=O)CN(CCC)C(=O)Cc1csc2nc(-c3ccccc3)cn12. The quantitative estimate of drug-likeness (QED) is 0.601. The van der Waals surface area contributed by atoms with Gasteiger partial charge < -0.3 is 10.2 Å². The van der Waals surface area contributed by atoms with Crippen molar-refractivity contribution in [3.8, 4) is 11.3 Å². The van der Waals surface area contributed by atoms with Crippen LogP contribution in [0.2, 0.25) is 0 Å². The molecule has 0 spiro atoms. The molecule has 7 heteroatoms. The van der Waals surface area contributed by atoms with Gasteiger partial charge in [0.1, 0.15) is 0 Å². The number of rotatable bonds is 9. The third kappa shape index (κ3) is 4.78. The number of imidazole rings is 1. The fourth-order valence-electron chi connectivity index (χ4n) is 3.03. The number of hydrogen-bond acceptors (Lipinski definition) is 4. The Labute approximate surface area is 169 Å². The minimum atomic E-state index is -0.104. The highest BCUT2D eigenvalue weighted by molar-refractivity contribution is 7.15. The van der Waals surface area contributed by atoms with E-state index in [2.05, 4.69) is 10.3 Å².